The molecular formula is C22H28N4O4. The predicted octanol–water partition coefficient (Wildman–Crippen LogP) is 2.19. The van der Waals surface area contributed by atoms with Gasteiger partial charge in [-0.25, -0.2) is 4.98 Å². The summed E-state index contributed by atoms with van der Waals surface area (Å²) in [5.74, 6) is -0.148. The highest BCUT2D eigenvalue weighted by Crippen LogP contribution is 2.19. The molecule has 160 valence electrons. The zero-order valence-corrected chi connectivity index (χ0v) is 17.2. The Morgan fingerprint density at radius 3 is 2.63 bits per heavy atom. The number of benzene rings is 1. The van der Waals surface area contributed by atoms with E-state index in [2.05, 4.69) is 20.9 Å². The third-order valence-corrected chi connectivity index (χ3v) is 4.81. The van der Waals surface area contributed by atoms with Crippen LogP contribution in [0.2, 0.25) is 0 Å². The minimum absolute atomic E-state index is 0.182. The smallest absolute Gasteiger partial charge is 0.255 e. The van der Waals surface area contributed by atoms with Crippen LogP contribution >= 0.6 is 0 Å². The fourth-order valence-electron chi connectivity index (χ4n) is 3.29. The number of nitrogens with zero attached hydrogens (tertiary/aromatic N) is 1. The van der Waals surface area contributed by atoms with Gasteiger partial charge in [-0.1, -0.05) is 32.0 Å². The van der Waals surface area contributed by atoms with Gasteiger partial charge < -0.3 is 25.8 Å². The number of para-hydroxylation sites is 1. The van der Waals surface area contributed by atoms with Gasteiger partial charge in [0, 0.05) is 11.9 Å². The minimum atomic E-state index is -1.02. The summed E-state index contributed by atoms with van der Waals surface area (Å²) in [5, 5.41) is 18.5. The molecule has 0 bridgehead atoms. The van der Waals surface area contributed by atoms with E-state index in [-0.39, 0.29) is 11.8 Å². The van der Waals surface area contributed by atoms with Crippen molar-refractivity contribution in [3.8, 4) is 0 Å². The maximum Gasteiger partial charge on any atom is 0.255 e. The maximum atomic E-state index is 13.0. The van der Waals surface area contributed by atoms with Crippen LogP contribution in [-0.2, 0) is 9.53 Å². The Kier molecular flexibility index (Phi) is 7.37. The summed E-state index contributed by atoms with van der Waals surface area (Å²) in [6, 6.07) is 11.5. The van der Waals surface area contributed by atoms with Crippen molar-refractivity contribution in [2.45, 2.75) is 45.1 Å². The van der Waals surface area contributed by atoms with E-state index in [1.807, 2.05) is 44.2 Å². The van der Waals surface area contributed by atoms with Gasteiger partial charge >= 0.3 is 0 Å². The number of anilines is 2. The lowest BCUT2D eigenvalue weighted by molar-refractivity contribution is -0.127. The Hall–Kier alpha value is -2.97. The topological polar surface area (TPSA) is 113 Å². The molecule has 8 heteroatoms. The zero-order chi connectivity index (χ0) is 21.5. The van der Waals surface area contributed by atoms with Crippen LogP contribution in [0, 0.1) is 5.92 Å². The number of aromatic nitrogens is 1. The van der Waals surface area contributed by atoms with Crippen molar-refractivity contribution in [2.24, 2.45) is 5.92 Å². The third kappa shape index (κ3) is 5.77. The summed E-state index contributed by atoms with van der Waals surface area (Å²) < 4.78 is 5.09. The van der Waals surface area contributed by atoms with Crippen molar-refractivity contribution in [1.29, 1.82) is 0 Å². The van der Waals surface area contributed by atoms with Crippen molar-refractivity contribution in [3.05, 3.63) is 54.2 Å². The van der Waals surface area contributed by atoms with E-state index in [9.17, 15) is 14.7 Å². The van der Waals surface area contributed by atoms with Crippen LogP contribution in [0.5, 0.6) is 0 Å². The van der Waals surface area contributed by atoms with E-state index >= 15 is 0 Å². The highest BCUT2D eigenvalue weighted by atomic mass is 16.6. The highest BCUT2D eigenvalue weighted by molar-refractivity contribution is 6.01. The van der Waals surface area contributed by atoms with Crippen molar-refractivity contribution in [1.82, 2.24) is 15.6 Å². The average Bonchev–Trinajstić information content (AvgIpc) is 3.12. The summed E-state index contributed by atoms with van der Waals surface area (Å²) in [6.07, 6.45) is 1.57. The molecule has 2 heterocycles. The van der Waals surface area contributed by atoms with E-state index in [1.54, 1.807) is 18.3 Å². The SMILES string of the molecule is CC(C)CC(NC(=O)c1cccnc1Nc1ccccc1)C(=O)N[C@H]1CCO[C@@H]1O. The molecule has 1 fully saturated rings. The number of aliphatic hydroxyl groups excluding tert-OH is 1. The summed E-state index contributed by atoms with van der Waals surface area (Å²) >= 11 is 0. The first kappa shape index (κ1) is 21.7. The lowest BCUT2D eigenvalue weighted by Crippen LogP contribution is -2.51. The Morgan fingerprint density at radius 2 is 1.97 bits per heavy atom. The molecule has 0 spiro atoms. The quantitative estimate of drug-likeness (QED) is 0.529. The number of carbonyl (C=O) groups excluding carboxylic acids is 2. The first-order valence-electron chi connectivity index (χ1n) is 10.1. The van der Waals surface area contributed by atoms with Crippen LogP contribution < -0.4 is 16.0 Å². The lowest BCUT2D eigenvalue weighted by atomic mass is 10.0. The van der Waals surface area contributed by atoms with Crippen molar-refractivity contribution >= 4 is 23.3 Å². The normalized spacial score (nSPS) is 19.3. The number of rotatable bonds is 8. The number of amides is 2. The van der Waals surface area contributed by atoms with Crippen LogP contribution in [0.1, 0.15) is 37.0 Å². The molecule has 30 heavy (non-hydrogen) atoms. The summed E-state index contributed by atoms with van der Waals surface area (Å²) in [4.78, 5) is 30.1. The molecule has 1 aliphatic heterocycles. The molecule has 1 aliphatic rings. The molecule has 1 aromatic heterocycles. The molecule has 0 aliphatic carbocycles. The van der Waals surface area contributed by atoms with Crippen molar-refractivity contribution in [2.75, 3.05) is 11.9 Å². The molecule has 1 saturated heterocycles. The van der Waals surface area contributed by atoms with Crippen LogP contribution in [0.15, 0.2) is 48.7 Å². The van der Waals surface area contributed by atoms with E-state index in [4.69, 9.17) is 4.74 Å². The molecular weight excluding hydrogens is 384 g/mol. The predicted molar refractivity (Wildman–Crippen MR) is 113 cm³/mol. The summed E-state index contributed by atoms with van der Waals surface area (Å²) in [5.41, 5.74) is 1.14. The summed E-state index contributed by atoms with van der Waals surface area (Å²) in [6.45, 7) is 4.34. The van der Waals surface area contributed by atoms with Gasteiger partial charge in [0.05, 0.1) is 18.2 Å². The van der Waals surface area contributed by atoms with E-state index < -0.39 is 24.3 Å². The number of nitrogens with one attached hydrogen (secondary N) is 3. The van der Waals surface area contributed by atoms with Crippen LogP contribution in [-0.4, -0.2) is 46.9 Å². The van der Waals surface area contributed by atoms with Crippen LogP contribution in [0.3, 0.4) is 0 Å². The van der Waals surface area contributed by atoms with E-state index in [0.29, 0.717) is 30.8 Å². The van der Waals surface area contributed by atoms with Crippen molar-refractivity contribution in [3.63, 3.8) is 0 Å². The van der Waals surface area contributed by atoms with Crippen LogP contribution in [0.4, 0.5) is 11.5 Å². The largest absolute Gasteiger partial charge is 0.366 e. The average molecular weight is 412 g/mol. The number of ether oxygens (including phenoxy) is 1. The zero-order valence-electron chi connectivity index (χ0n) is 17.2. The Labute approximate surface area is 176 Å². The fraction of sp³-hybridized carbons (Fsp3) is 0.409. The van der Waals surface area contributed by atoms with E-state index in [0.717, 1.165) is 5.69 Å². The Balaban J connectivity index is 1.73. The number of pyridine rings is 1. The van der Waals surface area contributed by atoms with Gasteiger partial charge in [-0.05, 0) is 43.0 Å². The second-order valence-electron chi connectivity index (χ2n) is 7.71. The van der Waals surface area contributed by atoms with Gasteiger partial charge in [0.1, 0.15) is 11.9 Å². The second-order valence-corrected chi connectivity index (χ2v) is 7.71. The molecule has 3 rings (SSSR count). The number of carbonyl (C=O) groups is 2. The molecule has 3 atom stereocenters. The Bertz CT molecular complexity index is 859. The van der Waals surface area contributed by atoms with Gasteiger partial charge in [-0.2, -0.15) is 0 Å². The highest BCUT2D eigenvalue weighted by Gasteiger charge is 2.31. The standard InChI is InChI=1S/C22H28N4O4/c1-14(2)13-18(21(28)25-17-10-12-30-22(17)29)26-20(27)16-9-6-11-23-19(16)24-15-7-4-3-5-8-15/h3-9,11,14,17-18,22,29H,10,12-13H2,1-2H3,(H,23,24)(H,25,28)(H,26,27)/t17-,18?,22-/m0/s1. The number of hydrogen-bond acceptors (Lipinski definition) is 6. The van der Waals surface area contributed by atoms with Gasteiger partial charge in [0.25, 0.3) is 5.91 Å². The monoisotopic (exact) mass is 412 g/mol. The lowest BCUT2D eigenvalue weighted by Gasteiger charge is -2.23. The number of hydrogen-bond donors (Lipinski definition) is 4. The van der Waals surface area contributed by atoms with Gasteiger partial charge in [0.15, 0.2) is 6.29 Å². The first-order chi connectivity index (χ1) is 14.4. The Morgan fingerprint density at radius 1 is 1.20 bits per heavy atom. The molecule has 4 N–H and O–H groups in total. The first-order valence-corrected chi connectivity index (χ1v) is 10.1. The van der Waals surface area contributed by atoms with Crippen LogP contribution in [0.25, 0.3) is 0 Å². The van der Waals surface area contributed by atoms with Crippen molar-refractivity contribution < 1.29 is 19.4 Å². The molecule has 1 unspecified atom stereocenters. The molecule has 0 radical (unpaired) electrons. The molecule has 8 nitrogen and oxygen atoms in total. The third-order valence-electron chi connectivity index (χ3n) is 4.81. The molecule has 0 saturated carbocycles. The molecule has 2 aromatic rings. The second kappa shape index (κ2) is 10.2. The van der Waals surface area contributed by atoms with Gasteiger partial charge in [-0.3, -0.25) is 9.59 Å². The fourth-order valence-corrected chi connectivity index (χ4v) is 3.29. The minimum Gasteiger partial charge on any atom is -0.366 e. The van der Waals surface area contributed by atoms with E-state index in [1.165, 1.54) is 0 Å². The van der Waals surface area contributed by atoms with Gasteiger partial charge in [-0.15, -0.1) is 0 Å². The molecule has 1 aromatic carbocycles. The molecule has 2 amide bonds. The van der Waals surface area contributed by atoms with Gasteiger partial charge in [0.2, 0.25) is 5.91 Å². The maximum absolute atomic E-state index is 13.0. The number of aliphatic hydroxyl groups is 1. The summed E-state index contributed by atoms with van der Waals surface area (Å²) in [7, 11) is 0.